The fourth-order valence-electron chi connectivity index (χ4n) is 5.24. The second-order valence-electron chi connectivity index (χ2n) is 10.5. The number of nitrogens with one attached hydrogen (secondary N) is 1. The van der Waals surface area contributed by atoms with Crippen LogP contribution < -0.4 is 10.1 Å². The first-order chi connectivity index (χ1) is 18.9. The fraction of sp³-hybridized carbons (Fsp3) is 0.303. The average molecular weight is 523 g/mol. The van der Waals surface area contributed by atoms with Crippen LogP contribution in [0.25, 0.3) is 10.9 Å². The highest BCUT2D eigenvalue weighted by molar-refractivity contribution is 5.94. The number of hydrogen-bond donors (Lipinski definition) is 1. The van der Waals surface area contributed by atoms with Crippen LogP contribution in [0.5, 0.6) is 5.75 Å². The van der Waals surface area contributed by atoms with Crippen LogP contribution in [0.1, 0.15) is 63.7 Å². The van der Waals surface area contributed by atoms with Crippen LogP contribution in [0.2, 0.25) is 0 Å². The molecule has 1 aromatic heterocycles. The summed E-state index contributed by atoms with van der Waals surface area (Å²) >= 11 is 0. The van der Waals surface area contributed by atoms with Crippen molar-refractivity contribution in [3.8, 4) is 5.75 Å². The molecule has 3 aromatic carbocycles. The van der Waals surface area contributed by atoms with Crippen molar-refractivity contribution in [2.24, 2.45) is 5.92 Å². The maximum atomic E-state index is 13.2. The number of benzene rings is 3. The normalized spacial score (nSPS) is 18.9. The minimum atomic E-state index is -0.368. The number of amides is 1. The van der Waals surface area contributed by atoms with Crippen molar-refractivity contribution in [1.82, 2.24) is 10.3 Å². The number of hydrogen-bond acceptors (Lipinski definition) is 5. The van der Waals surface area contributed by atoms with Crippen molar-refractivity contribution >= 4 is 22.8 Å². The van der Waals surface area contributed by atoms with Gasteiger partial charge in [0.15, 0.2) is 0 Å². The summed E-state index contributed by atoms with van der Waals surface area (Å²) in [6, 6.07) is 24.3. The first kappa shape index (κ1) is 26.4. The number of pyridine rings is 1. The molecule has 0 bridgehead atoms. The molecule has 0 aliphatic heterocycles. The average Bonchev–Trinajstić information content (AvgIpc) is 2.94. The molecule has 3 unspecified atom stereocenters. The van der Waals surface area contributed by atoms with E-state index < -0.39 is 0 Å². The van der Waals surface area contributed by atoms with E-state index in [1.807, 2.05) is 68.4 Å². The Morgan fingerprint density at radius 3 is 2.41 bits per heavy atom. The van der Waals surface area contributed by atoms with Crippen molar-refractivity contribution in [3.05, 3.63) is 107 Å². The van der Waals surface area contributed by atoms with Crippen LogP contribution in [0.3, 0.4) is 0 Å². The van der Waals surface area contributed by atoms with Gasteiger partial charge in [0.05, 0.1) is 17.1 Å². The molecule has 1 heterocycles. The fourth-order valence-corrected chi connectivity index (χ4v) is 5.24. The molecule has 1 aliphatic carbocycles. The van der Waals surface area contributed by atoms with Gasteiger partial charge >= 0.3 is 5.97 Å². The lowest BCUT2D eigenvalue weighted by molar-refractivity contribution is 0.00106. The van der Waals surface area contributed by atoms with Gasteiger partial charge in [-0.3, -0.25) is 9.78 Å². The molecular formula is C33H34N2O4. The third-order valence-corrected chi connectivity index (χ3v) is 7.45. The molecule has 1 amide bonds. The van der Waals surface area contributed by atoms with Gasteiger partial charge in [-0.25, -0.2) is 4.79 Å². The first-order valence-corrected chi connectivity index (χ1v) is 13.5. The highest BCUT2D eigenvalue weighted by atomic mass is 16.5. The number of rotatable bonds is 7. The second kappa shape index (κ2) is 11.7. The first-order valence-electron chi connectivity index (χ1n) is 13.5. The number of esters is 1. The van der Waals surface area contributed by atoms with Gasteiger partial charge in [-0.15, -0.1) is 0 Å². The minimum Gasteiger partial charge on any atom is -0.489 e. The topological polar surface area (TPSA) is 77.5 Å². The summed E-state index contributed by atoms with van der Waals surface area (Å²) in [5, 5.41) is 4.21. The molecule has 6 nitrogen and oxygen atoms in total. The van der Waals surface area contributed by atoms with Crippen LogP contribution in [0, 0.1) is 19.8 Å². The van der Waals surface area contributed by atoms with Crippen molar-refractivity contribution in [2.75, 3.05) is 0 Å². The van der Waals surface area contributed by atoms with E-state index in [1.54, 1.807) is 24.3 Å². The Hall–Kier alpha value is -4.19. The number of aryl methyl sites for hydroxylation is 2. The van der Waals surface area contributed by atoms with Gasteiger partial charge in [-0.05, 0) is 87.6 Å². The third kappa shape index (κ3) is 6.28. The van der Waals surface area contributed by atoms with E-state index in [2.05, 4.69) is 17.2 Å². The summed E-state index contributed by atoms with van der Waals surface area (Å²) in [6.07, 6.45) is 2.28. The Kier molecular flexibility index (Phi) is 7.92. The Balaban J connectivity index is 1.22. The highest BCUT2D eigenvalue weighted by Gasteiger charge is 2.35. The van der Waals surface area contributed by atoms with Crippen molar-refractivity contribution < 1.29 is 19.1 Å². The highest BCUT2D eigenvalue weighted by Crippen LogP contribution is 2.28. The number of nitrogens with zero attached hydrogens (tertiary/aromatic N) is 1. The quantitative estimate of drug-likeness (QED) is 0.278. The van der Waals surface area contributed by atoms with E-state index >= 15 is 0 Å². The zero-order valence-electron chi connectivity index (χ0n) is 22.6. The van der Waals surface area contributed by atoms with E-state index in [4.69, 9.17) is 9.47 Å². The lowest BCUT2D eigenvalue weighted by Crippen LogP contribution is -2.51. The number of aromatic nitrogens is 1. The van der Waals surface area contributed by atoms with E-state index in [-0.39, 0.29) is 29.9 Å². The molecule has 1 N–H and O–H groups in total. The largest absolute Gasteiger partial charge is 0.489 e. The van der Waals surface area contributed by atoms with Crippen LogP contribution >= 0.6 is 0 Å². The van der Waals surface area contributed by atoms with Gasteiger partial charge in [0.1, 0.15) is 18.5 Å². The molecule has 4 aromatic rings. The zero-order chi connectivity index (χ0) is 27.4. The number of fused-ring (bicyclic) bond motifs is 1. The maximum absolute atomic E-state index is 13.2. The van der Waals surface area contributed by atoms with Gasteiger partial charge in [0.25, 0.3) is 5.91 Å². The minimum absolute atomic E-state index is 0.188. The molecule has 5 rings (SSSR count). The molecule has 3 atom stereocenters. The molecule has 0 spiro atoms. The Morgan fingerprint density at radius 1 is 0.923 bits per heavy atom. The third-order valence-electron chi connectivity index (χ3n) is 7.45. The number of carbonyl (C=O) groups is 2. The van der Waals surface area contributed by atoms with Gasteiger partial charge in [0, 0.05) is 22.2 Å². The smallest absolute Gasteiger partial charge is 0.338 e. The van der Waals surface area contributed by atoms with Gasteiger partial charge in [-0.2, -0.15) is 0 Å². The molecule has 39 heavy (non-hydrogen) atoms. The molecule has 0 radical (unpaired) electrons. The standard InChI is InChI=1S/C33H34N2O4/c1-21-11-13-25(14-12-21)33(37)39-30-10-6-7-22(2)31(30)35-32(36)24-15-17-27(18-16-24)38-20-26-19-23(3)34-29-9-5-4-8-28(26)29/h4-5,8-9,11-19,22,30-31H,6-7,10,20H2,1-3H3,(H,35,36). The predicted molar refractivity (Wildman–Crippen MR) is 152 cm³/mol. The summed E-state index contributed by atoms with van der Waals surface area (Å²) in [5.41, 5.74) is 5.10. The van der Waals surface area contributed by atoms with Crippen molar-refractivity contribution in [2.45, 2.75) is 58.8 Å². The van der Waals surface area contributed by atoms with E-state index in [9.17, 15) is 9.59 Å². The molecular weight excluding hydrogens is 488 g/mol. The number of carbonyl (C=O) groups excluding carboxylic acids is 2. The van der Waals surface area contributed by atoms with E-state index in [0.717, 1.165) is 47.0 Å². The van der Waals surface area contributed by atoms with Crippen molar-refractivity contribution in [3.63, 3.8) is 0 Å². The SMILES string of the molecule is Cc1ccc(C(=O)OC2CCCC(C)C2NC(=O)c2ccc(OCc3cc(C)nc4ccccc34)cc2)cc1. The number of para-hydroxylation sites is 1. The molecule has 6 heteroatoms. The van der Waals surface area contributed by atoms with Crippen LogP contribution in [-0.4, -0.2) is 29.0 Å². The molecule has 0 saturated heterocycles. The molecule has 1 saturated carbocycles. The van der Waals surface area contributed by atoms with Gasteiger partial charge in [0.2, 0.25) is 0 Å². The van der Waals surface area contributed by atoms with Crippen LogP contribution in [-0.2, 0) is 11.3 Å². The summed E-state index contributed by atoms with van der Waals surface area (Å²) in [4.78, 5) is 30.5. The summed E-state index contributed by atoms with van der Waals surface area (Å²) in [5.74, 6) is 0.334. The maximum Gasteiger partial charge on any atom is 0.338 e. The van der Waals surface area contributed by atoms with Crippen LogP contribution in [0.15, 0.2) is 78.9 Å². The summed E-state index contributed by atoms with van der Waals surface area (Å²) in [7, 11) is 0. The zero-order valence-corrected chi connectivity index (χ0v) is 22.6. The number of ether oxygens (including phenoxy) is 2. The van der Waals surface area contributed by atoms with E-state index in [0.29, 0.717) is 23.5 Å². The molecule has 1 aliphatic rings. The van der Waals surface area contributed by atoms with Gasteiger partial charge < -0.3 is 14.8 Å². The van der Waals surface area contributed by atoms with Crippen molar-refractivity contribution in [1.29, 1.82) is 0 Å². The second-order valence-corrected chi connectivity index (χ2v) is 10.5. The van der Waals surface area contributed by atoms with E-state index in [1.165, 1.54) is 0 Å². The summed E-state index contributed by atoms with van der Waals surface area (Å²) in [6.45, 7) is 6.46. The Bertz CT molecular complexity index is 1460. The predicted octanol–water partition coefficient (Wildman–Crippen LogP) is 6.57. The summed E-state index contributed by atoms with van der Waals surface area (Å²) < 4.78 is 11.9. The molecule has 1 fully saturated rings. The Labute approximate surface area is 229 Å². The van der Waals surface area contributed by atoms with Gasteiger partial charge in [-0.1, -0.05) is 42.8 Å². The molecule has 200 valence electrons. The Morgan fingerprint density at radius 2 is 1.64 bits per heavy atom. The van der Waals surface area contributed by atoms with Crippen LogP contribution in [0.4, 0.5) is 0 Å². The lowest BCUT2D eigenvalue weighted by atomic mass is 9.83. The lowest BCUT2D eigenvalue weighted by Gasteiger charge is -2.36. The monoisotopic (exact) mass is 522 g/mol.